The van der Waals surface area contributed by atoms with Gasteiger partial charge in [0.1, 0.15) is 5.75 Å². The summed E-state index contributed by atoms with van der Waals surface area (Å²) >= 11 is 0. The summed E-state index contributed by atoms with van der Waals surface area (Å²) in [4.78, 5) is 0. The van der Waals surface area contributed by atoms with Gasteiger partial charge in [-0.1, -0.05) is 12.1 Å². The fourth-order valence-electron chi connectivity index (χ4n) is 2.08. The van der Waals surface area contributed by atoms with E-state index in [4.69, 9.17) is 10.5 Å². The number of ether oxygens (including phenoxy) is 1. The van der Waals surface area contributed by atoms with Crippen LogP contribution < -0.4 is 15.8 Å². The number of aromatic nitrogens is 2. The quantitative estimate of drug-likeness (QED) is 0.755. The Balaban J connectivity index is 2.08. The lowest BCUT2D eigenvalue weighted by Crippen LogP contribution is -2.10. The maximum atomic E-state index is 5.51. The van der Waals surface area contributed by atoms with Gasteiger partial charge in [-0.25, -0.2) is 0 Å². The molecule has 0 aliphatic rings. The first-order chi connectivity index (χ1) is 9.74. The van der Waals surface area contributed by atoms with E-state index < -0.39 is 0 Å². The predicted octanol–water partition coefficient (Wildman–Crippen LogP) is 1.78. The van der Waals surface area contributed by atoms with Gasteiger partial charge < -0.3 is 15.8 Å². The molecule has 0 unspecified atom stereocenters. The van der Waals surface area contributed by atoms with Gasteiger partial charge >= 0.3 is 0 Å². The number of rotatable bonds is 7. The van der Waals surface area contributed by atoms with Crippen LogP contribution >= 0.6 is 0 Å². The second kappa shape index (κ2) is 6.96. The highest BCUT2D eigenvalue weighted by Crippen LogP contribution is 2.20. The van der Waals surface area contributed by atoms with Crippen LogP contribution in [0.4, 0.5) is 5.69 Å². The van der Waals surface area contributed by atoms with Gasteiger partial charge in [-0.3, -0.25) is 4.68 Å². The molecule has 0 spiro atoms. The molecule has 3 N–H and O–H groups in total. The van der Waals surface area contributed by atoms with Crippen molar-refractivity contribution in [2.75, 3.05) is 25.5 Å². The van der Waals surface area contributed by atoms with Crippen molar-refractivity contribution < 1.29 is 4.74 Å². The van der Waals surface area contributed by atoms with E-state index in [1.165, 1.54) is 11.3 Å². The van der Waals surface area contributed by atoms with Gasteiger partial charge in [0.05, 0.1) is 24.7 Å². The van der Waals surface area contributed by atoms with Gasteiger partial charge in [-0.15, -0.1) is 0 Å². The molecule has 0 saturated heterocycles. The second-order valence-electron chi connectivity index (χ2n) is 4.72. The van der Waals surface area contributed by atoms with Crippen molar-refractivity contribution in [1.82, 2.24) is 9.78 Å². The van der Waals surface area contributed by atoms with Crippen LogP contribution in [-0.4, -0.2) is 30.0 Å². The number of anilines is 1. The predicted molar refractivity (Wildman–Crippen MR) is 81.2 cm³/mol. The zero-order valence-electron chi connectivity index (χ0n) is 12.1. The van der Waals surface area contributed by atoms with Crippen LogP contribution in [0.1, 0.15) is 17.7 Å². The summed E-state index contributed by atoms with van der Waals surface area (Å²) in [6, 6.07) is 8.12. The van der Waals surface area contributed by atoms with Crippen LogP contribution in [0, 0.1) is 0 Å². The number of nitrogens with one attached hydrogen (secondary N) is 1. The molecule has 2 aromatic rings. The third-order valence-electron chi connectivity index (χ3n) is 3.29. The standard InChI is InChI=1S/C15H22N4O/c1-19-15(14(11-18-19)17-9-3-8-16)10-12-4-6-13(20-2)7-5-12/h4-7,11,17H,3,8-10,16H2,1-2H3. The van der Waals surface area contributed by atoms with Crippen LogP contribution in [0.2, 0.25) is 0 Å². The van der Waals surface area contributed by atoms with Gasteiger partial charge in [-0.2, -0.15) is 5.10 Å². The van der Waals surface area contributed by atoms with Crippen molar-refractivity contribution in [3.63, 3.8) is 0 Å². The minimum absolute atomic E-state index is 0.696. The summed E-state index contributed by atoms with van der Waals surface area (Å²) < 4.78 is 7.09. The van der Waals surface area contributed by atoms with Gasteiger partial charge in [0.2, 0.25) is 0 Å². The third kappa shape index (κ3) is 3.51. The Morgan fingerprint density at radius 3 is 2.70 bits per heavy atom. The fourth-order valence-corrected chi connectivity index (χ4v) is 2.08. The summed E-state index contributed by atoms with van der Waals surface area (Å²) in [5, 5.41) is 7.71. The monoisotopic (exact) mass is 274 g/mol. The van der Waals surface area contributed by atoms with Gasteiger partial charge in [0, 0.05) is 20.0 Å². The van der Waals surface area contributed by atoms with E-state index in [0.29, 0.717) is 6.54 Å². The molecule has 0 atom stereocenters. The molecule has 1 aromatic heterocycles. The number of benzene rings is 1. The molecular weight excluding hydrogens is 252 g/mol. The number of nitrogens with two attached hydrogens (primary N) is 1. The normalized spacial score (nSPS) is 10.6. The molecule has 0 fully saturated rings. The molecule has 5 nitrogen and oxygen atoms in total. The molecule has 0 aliphatic heterocycles. The number of hydrogen-bond donors (Lipinski definition) is 2. The Kier molecular flexibility index (Phi) is 5.01. The highest BCUT2D eigenvalue weighted by molar-refractivity contribution is 5.48. The zero-order valence-corrected chi connectivity index (χ0v) is 12.1. The van der Waals surface area contributed by atoms with Crippen LogP contribution in [-0.2, 0) is 13.5 Å². The molecule has 5 heteroatoms. The lowest BCUT2D eigenvalue weighted by Gasteiger charge is -2.09. The Bertz CT molecular complexity index is 533. The summed E-state index contributed by atoms with van der Waals surface area (Å²) in [7, 11) is 3.64. The van der Waals surface area contributed by atoms with Gasteiger partial charge in [0.25, 0.3) is 0 Å². The maximum Gasteiger partial charge on any atom is 0.118 e. The Morgan fingerprint density at radius 1 is 1.30 bits per heavy atom. The average molecular weight is 274 g/mol. The molecule has 1 aromatic carbocycles. The van der Waals surface area contributed by atoms with E-state index >= 15 is 0 Å². The SMILES string of the molecule is COc1ccc(Cc2c(NCCCN)cnn2C)cc1. The molecule has 0 radical (unpaired) electrons. The average Bonchev–Trinajstić information content (AvgIpc) is 2.81. The first kappa shape index (κ1) is 14.4. The van der Waals surface area contributed by atoms with Crippen LogP contribution in [0.3, 0.4) is 0 Å². The first-order valence-electron chi connectivity index (χ1n) is 6.82. The van der Waals surface area contributed by atoms with E-state index in [2.05, 4.69) is 22.5 Å². The number of nitrogens with zero attached hydrogens (tertiary/aromatic N) is 2. The fraction of sp³-hybridized carbons (Fsp3) is 0.400. The van der Waals surface area contributed by atoms with Crippen LogP contribution in [0.5, 0.6) is 5.75 Å². The summed E-state index contributed by atoms with van der Waals surface area (Å²) in [5.41, 5.74) is 9.00. The maximum absolute atomic E-state index is 5.51. The molecule has 0 aliphatic carbocycles. The van der Waals surface area contributed by atoms with E-state index in [1.54, 1.807) is 7.11 Å². The van der Waals surface area contributed by atoms with Gasteiger partial charge in [-0.05, 0) is 30.7 Å². The van der Waals surface area contributed by atoms with E-state index in [0.717, 1.165) is 30.8 Å². The number of methoxy groups -OCH3 is 1. The molecule has 2 rings (SSSR count). The molecule has 108 valence electrons. The van der Waals surface area contributed by atoms with Gasteiger partial charge in [0.15, 0.2) is 0 Å². The molecule has 0 saturated carbocycles. The Morgan fingerprint density at radius 2 is 2.05 bits per heavy atom. The minimum Gasteiger partial charge on any atom is -0.497 e. The molecule has 1 heterocycles. The van der Waals surface area contributed by atoms with Crippen molar-refractivity contribution in [3.8, 4) is 5.75 Å². The summed E-state index contributed by atoms with van der Waals surface area (Å²) in [5.74, 6) is 0.875. The largest absolute Gasteiger partial charge is 0.497 e. The van der Waals surface area contributed by atoms with Crippen molar-refractivity contribution in [2.45, 2.75) is 12.8 Å². The third-order valence-corrected chi connectivity index (χ3v) is 3.29. The summed E-state index contributed by atoms with van der Waals surface area (Å²) in [6.45, 7) is 1.57. The molecular formula is C15H22N4O. The first-order valence-corrected chi connectivity index (χ1v) is 6.82. The molecule has 20 heavy (non-hydrogen) atoms. The van der Waals surface area contributed by atoms with Crippen LogP contribution in [0.25, 0.3) is 0 Å². The lowest BCUT2D eigenvalue weighted by atomic mass is 10.1. The second-order valence-corrected chi connectivity index (χ2v) is 4.72. The van der Waals surface area contributed by atoms with Crippen molar-refractivity contribution in [2.24, 2.45) is 12.8 Å². The van der Waals surface area contributed by atoms with Crippen LogP contribution in [0.15, 0.2) is 30.5 Å². The number of aryl methyl sites for hydroxylation is 1. The zero-order chi connectivity index (χ0) is 14.4. The molecule has 0 amide bonds. The van der Waals surface area contributed by atoms with E-state index in [9.17, 15) is 0 Å². The van der Waals surface area contributed by atoms with E-state index in [-0.39, 0.29) is 0 Å². The highest BCUT2D eigenvalue weighted by atomic mass is 16.5. The number of hydrogen-bond acceptors (Lipinski definition) is 4. The smallest absolute Gasteiger partial charge is 0.118 e. The summed E-state index contributed by atoms with van der Waals surface area (Å²) in [6.07, 6.45) is 3.66. The van der Waals surface area contributed by atoms with E-state index in [1.807, 2.05) is 30.1 Å². The topological polar surface area (TPSA) is 65.1 Å². The van der Waals surface area contributed by atoms with Crippen molar-refractivity contribution >= 4 is 5.69 Å². The van der Waals surface area contributed by atoms with Crippen molar-refractivity contribution in [1.29, 1.82) is 0 Å². The Hall–Kier alpha value is -2.01. The van der Waals surface area contributed by atoms with Crippen molar-refractivity contribution in [3.05, 3.63) is 41.7 Å². The minimum atomic E-state index is 0.696. The molecule has 0 bridgehead atoms. The Labute approximate surface area is 119 Å². The highest BCUT2D eigenvalue weighted by Gasteiger charge is 2.09. The lowest BCUT2D eigenvalue weighted by molar-refractivity contribution is 0.414.